The van der Waals surface area contributed by atoms with Gasteiger partial charge in [0.05, 0.1) is 51.6 Å². The van der Waals surface area contributed by atoms with Crippen molar-refractivity contribution in [2.75, 3.05) is 0 Å². The lowest BCUT2D eigenvalue weighted by molar-refractivity contribution is 1.06. The van der Waals surface area contributed by atoms with Crippen LogP contribution in [0.5, 0.6) is 0 Å². The van der Waals surface area contributed by atoms with Gasteiger partial charge in [-0.15, -0.1) is 22.7 Å². The van der Waals surface area contributed by atoms with Crippen LogP contribution in [-0.2, 0) is 0 Å². The normalized spacial score (nSPS) is 11.8. The molecule has 0 aliphatic heterocycles. The molecule has 0 saturated carbocycles. The fraction of sp³-hybridized carbons (Fsp3) is 0. The minimum absolute atomic E-state index is 0.418. The molecule has 15 rings (SSSR count). The molecule has 0 saturated heterocycles. The van der Waals surface area contributed by atoms with Crippen molar-refractivity contribution in [3.05, 3.63) is 229 Å². The Balaban J connectivity index is 1.04. The number of rotatable bonds is 6. The number of aromatic nitrogens is 5. The second kappa shape index (κ2) is 16.4. The van der Waals surface area contributed by atoms with Gasteiger partial charge in [0.15, 0.2) is 23.2 Å². The van der Waals surface area contributed by atoms with Gasteiger partial charge in [0.2, 0.25) is 0 Å². The second-order valence-corrected chi connectivity index (χ2v) is 20.6. The number of benzene rings is 10. The van der Waals surface area contributed by atoms with Crippen molar-refractivity contribution in [1.82, 2.24) is 24.1 Å². The van der Waals surface area contributed by atoms with Crippen molar-refractivity contribution in [2.24, 2.45) is 0 Å². The molecule has 0 fully saturated rings. The van der Waals surface area contributed by atoms with Gasteiger partial charge >= 0.3 is 0 Å². The first-order valence-corrected chi connectivity index (χ1v) is 25.9. The van der Waals surface area contributed by atoms with Crippen LogP contribution in [0.3, 0.4) is 0 Å². The van der Waals surface area contributed by atoms with E-state index in [4.69, 9.17) is 21.5 Å². The number of hydrogen-bond acceptors (Lipinski definition) is 6. The maximum atomic E-state index is 10.6. The van der Waals surface area contributed by atoms with Crippen molar-refractivity contribution < 1.29 is 0 Å². The Morgan fingerprint density at radius 3 is 1.50 bits per heavy atom. The molecule has 0 unspecified atom stereocenters. The highest BCUT2D eigenvalue weighted by Gasteiger charge is 2.25. The van der Waals surface area contributed by atoms with Gasteiger partial charge in [0, 0.05) is 78.6 Å². The maximum absolute atomic E-state index is 10.6. The van der Waals surface area contributed by atoms with Crippen LogP contribution < -0.4 is 0 Å². The van der Waals surface area contributed by atoms with Crippen LogP contribution in [0, 0.1) is 17.9 Å². The molecule has 0 N–H and O–H groups in total. The van der Waals surface area contributed by atoms with Crippen molar-refractivity contribution in [2.45, 2.75) is 0 Å². The molecule has 5 heterocycles. The highest BCUT2D eigenvalue weighted by Crippen LogP contribution is 2.47. The third-order valence-electron chi connectivity index (χ3n) is 14.4. The zero-order valence-corrected chi connectivity index (χ0v) is 40.8. The Labute approximate surface area is 431 Å². The Morgan fingerprint density at radius 2 is 0.905 bits per heavy atom. The van der Waals surface area contributed by atoms with E-state index in [0.29, 0.717) is 34.3 Å². The lowest BCUT2D eigenvalue weighted by Gasteiger charge is -2.18. The summed E-state index contributed by atoms with van der Waals surface area (Å²) >= 11 is 3.64. The molecule has 0 aliphatic rings. The van der Waals surface area contributed by atoms with E-state index >= 15 is 0 Å². The largest absolute Gasteiger partial charge is 0.308 e. The Kier molecular flexibility index (Phi) is 9.29. The summed E-state index contributed by atoms with van der Waals surface area (Å²) in [7, 11) is 0. The predicted octanol–water partition coefficient (Wildman–Crippen LogP) is 17.9. The molecule has 0 bridgehead atoms. The smallest absolute Gasteiger partial charge is 0.194 e. The van der Waals surface area contributed by atoms with Crippen molar-refractivity contribution >= 4 is 112 Å². The lowest BCUT2D eigenvalue weighted by atomic mass is 9.99. The van der Waals surface area contributed by atoms with E-state index in [-0.39, 0.29) is 0 Å². The Bertz CT molecular complexity index is 4950. The number of thiophene rings is 2. The number of nitrogens with zero attached hydrogens (tertiary/aromatic N) is 7. The van der Waals surface area contributed by atoms with Crippen LogP contribution >= 0.6 is 22.7 Å². The first kappa shape index (κ1) is 42.0. The third-order valence-corrected chi connectivity index (χ3v) is 16.9. The molecule has 7 nitrogen and oxygen atoms in total. The maximum Gasteiger partial charge on any atom is 0.194 e. The average Bonchev–Trinajstić information content (AvgIpc) is 4.28. The van der Waals surface area contributed by atoms with Crippen molar-refractivity contribution in [3.63, 3.8) is 0 Å². The van der Waals surface area contributed by atoms with E-state index in [1.807, 2.05) is 95.5 Å². The first-order chi connectivity index (χ1) is 36.6. The standard InChI is InChI=1S/C65H35N7S2/c1-67-50-22-10-5-17-41(50)40-28-32-54(72-52-24-12-7-21-47(52)60-56(72)34-30-45-43-19-9-14-26-58(43)74-62(45)60)49(36-40)65-69-63(39-15-3-2-4-16-39)68-64(70-65)48-35-38(37-66)27-31-53(48)71-51-23-11-6-20-46(51)59-55(71)33-29-44-42-18-8-13-25-57(42)73-61(44)59/h2-36H. The van der Waals surface area contributed by atoms with Crippen LogP contribution in [-0.4, -0.2) is 24.1 Å². The average molecular weight is 978 g/mol. The third kappa shape index (κ3) is 6.25. The van der Waals surface area contributed by atoms with Gasteiger partial charge in [-0.2, -0.15) is 5.26 Å². The Hall–Kier alpha value is -9.77. The second-order valence-electron chi connectivity index (χ2n) is 18.5. The zero-order chi connectivity index (χ0) is 49.0. The quantitative estimate of drug-likeness (QED) is 0.156. The minimum Gasteiger partial charge on any atom is -0.308 e. The molecule has 5 aromatic heterocycles. The molecule has 10 aromatic carbocycles. The summed E-state index contributed by atoms with van der Waals surface area (Å²) in [5, 5.41) is 20.2. The summed E-state index contributed by atoms with van der Waals surface area (Å²) in [6, 6.07) is 75.8. The van der Waals surface area contributed by atoms with Crippen LogP contribution in [0.15, 0.2) is 212 Å². The van der Waals surface area contributed by atoms with Crippen LogP contribution in [0.1, 0.15) is 5.56 Å². The molecule has 74 heavy (non-hydrogen) atoms. The minimum atomic E-state index is 0.418. The van der Waals surface area contributed by atoms with Gasteiger partial charge in [-0.3, -0.25) is 0 Å². The molecule has 0 spiro atoms. The molecule has 0 atom stereocenters. The summed E-state index contributed by atoms with van der Waals surface area (Å²) in [5.74, 6) is 1.35. The van der Waals surface area contributed by atoms with Gasteiger partial charge in [0.1, 0.15) is 0 Å². The summed E-state index contributed by atoms with van der Waals surface area (Å²) < 4.78 is 9.60. The molecule has 342 valence electrons. The van der Waals surface area contributed by atoms with Crippen molar-refractivity contribution in [3.8, 4) is 62.7 Å². The van der Waals surface area contributed by atoms with Crippen molar-refractivity contribution in [1.29, 1.82) is 5.26 Å². The lowest BCUT2D eigenvalue weighted by Crippen LogP contribution is -2.06. The van der Waals surface area contributed by atoms with Gasteiger partial charge in [-0.05, 0) is 77.9 Å². The van der Waals surface area contributed by atoms with E-state index in [0.717, 1.165) is 66.5 Å². The molecule has 9 heteroatoms. The molecule has 0 radical (unpaired) electrons. The summed E-state index contributed by atoms with van der Waals surface area (Å²) in [6.07, 6.45) is 0. The van der Waals surface area contributed by atoms with E-state index < -0.39 is 0 Å². The van der Waals surface area contributed by atoms with E-state index in [1.165, 1.54) is 51.1 Å². The van der Waals surface area contributed by atoms with Gasteiger partial charge in [-0.1, -0.05) is 146 Å². The molecular weight excluding hydrogens is 943 g/mol. The monoisotopic (exact) mass is 977 g/mol. The molecule has 0 aliphatic carbocycles. The first-order valence-electron chi connectivity index (χ1n) is 24.3. The van der Waals surface area contributed by atoms with Crippen LogP contribution in [0.25, 0.3) is 145 Å². The number of fused-ring (bicyclic) bond motifs is 14. The highest BCUT2D eigenvalue weighted by molar-refractivity contribution is 7.27. The van der Waals surface area contributed by atoms with Crippen LogP contribution in [0.2, 0.25) is 0 Å². The number of para-hydroxylation sites is 3. The summed E-state index contributed by atoms with van der Waals surface area (Å²) in [6.45, 7) is 8.18. The van der Waals surface area contributed by atoms with Gasteiger partial charge < -0.3 is 9.13 Å². The highest BCUT2D eigenvalue weighted by atomic mass is 32.1. The SMILES string of the molecule is [C-]#[N+]c1ccccc1-c1ccc(-n2c3ccccc3c3c4sc5ccccc5c4ccc32)c(-c2nc(-c3ccccc3)nc(-c3cc(C#N)ccc3-n3c4ccccc4c4c5sc6ccccc6c5ccc43)n2)c1. The molecule has 15 aromatic rings. The fourth-order valence-corrected chi connectivity index (χ4v) is 13.7. The van der Waals surface area contributed by atoms with Gasteiger partial charge in [0.25, 0.3) is 0 Å². The number of hydrogen-bond donors (Lipinski definition) is 0. The Morgan fingerprint density at radius 1 is 0.405 bits per heavy atom. The van der Waals surface area contributed by atoms with E-state index in [9.17, 15) is 5.26 Å². The predicted molar refractivity (Wildman–Crippen MR) is 307 cm³/mol. The summed E-state index contributed by atoms with van der Waals surface area (Å²) in [4.78, 5) is 20.3. The van der Waals surface area contributed by atoms with E-state index in [1.54, 1.807) is 0 Å². The summed E-state index contributed by atoms with van der Waals surface area (Å²) in [5.41, 5.74) is 10.8. The fourth-order valence-electron chi connectivity index (χ4n) is 11.2. The zero-order valence-electron chi connectivity index (χ0n) is 39.2. The topological polar surface area (TPSA) is 76.7 Å². The van der Waals surface area contributed by atoms with Crippen LogP contribution in [0.4, 0.5) is 5.69 Å². The van der Waals surface area contributed by atoms with E-state index in [2.05, 4.69) is 160 Å². The van der Waals surface area contributed by atoms with Gasteiger partial charge in [-0.25, -0.2) is 19.8 Å². The molecular formula is C65H35N7S2. The number of nitriles is 1. The molecule has 0 amide bonds.